The van der Waals surface area contributed by atoms with Crippen molar-refractivity contribution in [3.63, 3.8) is 0 Å². The first-order valence-corrected chi connectivity index (χ1v) is 7.21. The summed E-state index contributed by atoms with van der Waals surface area (Å²) in [5.74, 6) is 0.0138. The maximum Gasteiger partial charge on any atom is 0.251 e. The number of nitrogens with two attached hydrogens (primary N) is 1. The van der Waals surface area contributed by atoms with Gasteiger partial charge in [0.05, 0.1) is 0 Å². The highest BCUT2D eigenvalue weighted by Gasteiger charge is 2.22. The van der Waals surface area contributed by atoms with Crippen LogP contribution in [0.3, 0.4) is 0 Å². The zero-order valence-corrected chi connectivity index (χ0v) is 11.9. The molecule has 3 nitrogen and oxygen atoms in total. The number of carbonyl (C=O) groups is 1. The predicted octanol–water partition coefficient (Wildman–Crippen LogP) is 2.69. The molecule has 0 saturated heterocycles. The highest BCUT2D eigenvalue weighted by molar-refractivity contribution is 5.95. The molecule has 1 aliphatic rings. The van der Waals surface area contributed by atoms with Crippen molar-refractivity contribution in [2.75, 3.05) is 0 Å². The summed E-state index contributed by atoms with van der Waals surface area (Å²) in [6, 6.07) is 6.15. The van der Waals surface area contributed by atoms with E-state index in [1.165, 1.54) is 18.4 Å². The molecule has 1 fully saturated rings. The second-order valence-electron chi connectivity index (χ2n) is 5.70. The summed E-state index contributed by atoms with van der Waals surface area (Å²) in [5.41, 5.74) is 9.13. The molecule has 0 radical (unpaired) electrons. The van der Waals surface area contributed by atoms with Gasteiger partial charge in [-0.15, -0.1) is 0 Å². The Labute approximate surface area is 115 Å². The van der Waals surface area contributed by atoms with E-state index in [2.05, 4.69) is 5.32 Å². The van der Waals surface area contributed by atoms with Crippen LogP contribution in [0.15, 0.2) is 18.2 Å². The van der Waals surface area contributed by atoms with Crippen LogP contribution in [0.25, 0.3) is 0 Å². The van der Waals surface area contributed by atoms with Gasteiger partial charge in [-0.05, 0) is 38.3 Å². The number of hydrogen-bond donors (Lipinski definition) is 2. The molecule has 3 N–H and O–H groups in total. The van der Waals surface area contributed by atoms with Crippen LogP contribution < -0.4 is 11.1 Å². The van der Waals surface area contributed by atoms with Crippen molar-refractivity contribution in [1.29, 1.82) is 0 Å². The first-order valence-electron chi connectivity index (χ1n) is 7.21. The molecule has 1 aromatic rings. The summed E-state index contributed by atoms with van der Waals surface area (Å²) >= 11 is 0. The van der Waals surface area contributed by atoms with Gasteiger partial charge in [0.2, 0.25) is 0 Å². The topological polar surface area (TPSA) is 55.1 Å². The number of aryl methyl sites for hydroxylation is 2. The van der Waals surface area contributed by atoms with Crippen LogP contribution in [-0.2, 0) is 0 Å². The molecule has 1 saturated carbocycles. The van der Waals surface area contributed by atoms with Crippen LogP contribution in [0.1, 0.15) is 53.6 Å². The molecule has 2 atom stereocenters. The summed E-state index contributed by atoms with van der Waals surface area (Å²) in [7, 11) is 0. The minimum Gasteiger partial charge on any atom is -0.348 e. The SMILES string of the molecule is Cc1ccc(C(=O)NC2CCCCCC2N)c(C)c1. The van der Waals surface area contributed by atoms with Crippen molar-refractivity contribution < 1.29 is 4.79 Å². The van der Waals surface area contributed by atoms with Crippen molar-refractivity contribution in [3.05, 3.63) is 34.9 Å². The zero-order chi connectivity index (χ0) is 13.8. The van der Waals surface area contributed by atoms with Gasteiger partial charge in [-0.25, -0.2) is 0 Å². The number of nitrogens with one attached hydrogen (secondary N) is 1. The van der Waals surface area contributed by atoms with Crippen molar-refractivity contribution in [2.45, 2.75) is 58.0 Å². The minimum atomic E-state index is 0.0138. The normalized spacial score (nSPS) is 23.7. The molecule has 3 heteroatoms. The molecular formula is C16H24N2O. The Morgan fingerprint density at radius 1 is 1.21 bits per heavy atom. The molecule has 1 aliphatic carbocycles. The second kappa shape index (κ2) is 6.20. The van der Waals surface area contributed by atoms with Crippen LogP contribution in [0.4, 0.5) is 0 Å². The fourth-order valence-corrected chi connectivity index (χ4v) is 2.83. The molecule has 0 heterocycles. The van der Waals surface area contributed by atoms with Gasteiger partial charge in [0, 0.05) is 17.6 Å². The quantitative estimate of drug-likeness (QED) is 0.803. The maximum atomic E-state index is 12.3. The number of amides is 1. The van der Waals surface area contributed by atoms with E-state index in [4.69, 9.17) is 5.73 Å². The lowest BCUT2D eigenvalue weighted by Crippen LogP contribution is -2.47. The Morgan fingerprint density at radius 3 is 2.68 bits per heavy atom. The monoisotopic (exact) mass is 260 g/mol. The van der Waals surface area contributed by atoms with E-state index in [9.17, 15) is 4.79 Å². The first kappa shape index (κ1) is 14.1. The summed E-state index contributed by atoms with van der Waals surface area (Å²) in [6.07, 6.45) is 5.57. The van der Waals surface area contributed by atoms with Crippen LogP contribution in [0.5, 0.6) is 0 Å². The van der Waals surface area contributed by atoms with Gasteiger partial charge in [-0.2, -0.15) is 0 Å². The summed E-state index contributed by atoms with van der Waals surface area (Å²) < 4.78 is 0. The third-order valence-corrected chi connectivity index (χ3v) is 4.01. The number of carbonyl (C=O) groups excluding carboxylic acids is 1. The van der Waals surface area contributed by atoms with Gasteiger partial charge in [-0.3, -0.25) is 4.79 Å². The highest BCUT2D eigenvalue weighted by Crippen LogP contribution is 2.18. The number of rotatable bonds is 2. The maximum absolute atomic E-state index is 12.3. The molecule has 0 bridgehead atoms. The Bertz CT molecular complexity index is 456. The number of hydrogen-bond acceptors (Lipinski definition) is 2. The molecule has 1 amide bonds. The van der Waals surface area contributed by atoms with E-state index >= 15 is 0 Å². The average molecular weight is 260 g/mol. The largest absolute Gasteiger partial charge is 0.348 e. The molecule has 0 spiro atoms. The fraction of sp³-hybridized carbons (Fsp3) is 0.562. The summed E-state index contributed by atoms with van der Waals surface area (Å²) in [5, 5.41) is 3.12. The van der Waals surface area contributed by atoms with E-state index in [0.717, 1.165) is 30.4 Å². The molecule has 2 unspecified atom stereocenters. The summed E-state index contributed by atoms with van der Waals surface area (Å²) in [6.45, 7) is 4.02. The van der Waals surface area contributed by atoms with E-state index in [1.807, 2.05) is 32.0 Å². The Balaban J connectivity index is 2.07. The predicted molar refractivity (Wildman–Crippen MR) is 78.2 cm³/mol. The smallest absolute Gasteiger partial charge is 0.251 e. The van der Waals surface area contributed by atoms with Gasteiger partial charge in [-0.1, -0.05) is 37.0 Å². The van der Waals surface area contributed by atoms with Crippen molar-refractivity contribution in [2.24, 2.45) is 5.73 Å². The van der Waals surface area contributed by atoms with Crippen LogP contribution >= 0.6 is 0 Å². The van der Waals surface area contributed by atoms with Gasteiger partial charge in [0.15, 0.2) is 0 Å². The third-order valence-electron chi connectivity index (χ3n) is 4.01. The third kappa shape index (κ3) is 3.57. The van der Waals surface area contributed by atoms with E-state index in [1.54, 1.807) is 0 Å². The standard InChI is InChI=1S/C16H24N2O/c1-11-8-9-13(12(2)10-11)16(19)18-15-7-5-3-4-6-14(15)17/h8-10,14-15H,3-7,17H2,1-2H3,(H,18,19). The highest BCUT2D eigenvalue weighted by atomic mass is 16.1. The van der Waals surface area contributed by atoms with E-state index < -0.39 is 0 Å². The molecule has 0 aliphatic heterocycles. The Kier molecular flexibility index (Phi) is 4.59. The molecular weight excluding hydrogens is 236 g/mol. The molecule has 0 aromatic heterocycles. The van der Waals surface area contributed by atoms with Crippen molar-refractivity contribution in [3.8, 4) is 0 Å². The lowest BCUT2D eigenvalue weighted by atomic mass is 10.0. The minimum absolute atomic E-state index is 0.0138. The van der Waals surface area contributed by atoms with Gasteiger partial charge < -0.3 is 11.1 Å². The van der Waals surface area contributed by atoms with Gasteiger partial charge >= 0.3 is 0 Å². The molecule has 2 rings (SSSR count). The lowest BCUT2D eigenvalue weighted by molar-refractivity contribution is 0.0928. The van der Waals surface area contributed by atoms with E-state index in [0.29, 0.717) is 0 Å². The zero-order valence-electron chi connectivity index (χ0n) is 11.9. The Morgan fingerprint density at radius 2 is 1.95 bits per heavy atom. The Hall–Kier alpha value is -1.35. The van der Waals surface area contributed by atoms with Crippen LogP contribution in [-0.4, -0.2) is 18.0 Å². The van der Waals surface area contributed by atoms with Gasteiger partial charge in [0.25, 0.3) is 5.91 Å². The van der Waals surface area contributed by atoms with Crippen LogP contribution in [0.2, 0.25) is 0 Å². The molecule has 1 aromatic carbocycles. The summed E-state index contributed by atoms with van der Waals surface area (Å²) in [4.78, 5) is 12.3. The first-order chi connectivity index (χ1) is 9.08. The van der Waals surface area contributed by atoms with Gasteiger partial charge in [0.1, 0.15) is 0 Å². The van der Waals surface area contributed by atoms with Crippen molar-refractivity contribution >= 4 is 5.91 Å². The lowest BCUT2D eigenvalue weighted by Gasteiger charge is -2.23. The van der Waals surface area contributed by atoms with Crippen LogP contribution in [0, 0.1) is 13.8 Å². The van der Waals surface area contributed by atoms with Crippen molar-refractivity contribution in [1.82, 2.24) is 5.32 Å². The molecule has 19 heavy (non-hydrogen) atoms. The number of benzene rings is 1. The molecule has 104 valence electrons. The average Bonchev–Trinajstić information content (AvgIpc) is 2.55. The second-order valence-corrected chi connectivity index (χ2v) is 5.70. The van der Waals surface area contributed by atoms with E-state index in [-0.39, 0.29) is 18.0 Å². The fourth-order valence-electron chi connectivity index (χ4n) is 2.83.